The van der Waals surface area contributed by atoms with Crippen LogP contribution in [0.3, 0.4) is 0 Å². The van der Waals surface area contributed by atoms with Gasteiger partial charge >= 0.3 is 0 Å². The summed E-state index contributed by atoms with van der Waals surface area (Å²) in [5, 5.41) is 0. The van der Waals surface area contributed by atoms with E-state index >= 15 is 0 Å². The topological polar surface area (TPSA) is 72.2 Å². The number of fused-ring (bicyclic) bond motifs is 2. The van der Waals surface area contributed by atoms with Gasteiger partial charge in [-0.15, -0.1) is 0 Å². The predicted molar refractivity (Wildman–Crippen MR) is 75.1 cm³/mol. The van der Waals surface area contributed by atoms with Crippen LogP contribution >= 0.6 is 0 Å². The molecular weight excluding hydrogens is 279 g/mol. The summed E-state index contributed by atoms with van der Waals surface area (Å²) in [5.41, 5.74) is 5.73. The van der Waals surface area contributed by atoms with E-state index in [0.29, 0.717) is 17.4 Å². The standard InChI is InChI=1S/C14H19FN2O2S/c1-8-4-11(15)12(16)7-14(8)20(18,19)17-13-6-9-2-3-10(13)5-9/h4,7,9-10,13,17H,2-3,5-6,16H2,1H3. The number of halogens is 1. The zero-order valence-electron chi connectivity index (χ0n) is 11.4. The van der Waals surface area contributed by atoms with Crippen molar-refractivity contribution in [2.24, 2.45) is 11.8 Å². The van der Waals surface area contributed by atoms with Crippen LogP contribution in [0.25, 0.3) is 0 Å². The summed E-state index contributed by atoms with van der Waals surface area (Å²) >= 11 is 0. The third-order valence-electron chi connectivity index (χ3n) is 4.63. The molecule has 0 amide bonds. The Kier molecular flexibility index (Phi) is 3.25. The fourth-order valence-corrected chi connectivity index (χ4v) is 5.19. The summed E-state index contributed by atoms with van der Waals surface area (Å²) in [5.74, 6) is 0.529. The fourth-order valence-electron chi connectivity index (χ4n) is 3.61. The van der Waals surface area contributed by atoms with Gasteiger partial charge in [-0.05, 0) is 55.7 Å². The quantitative estimate of drug-likeness (QED) is 0.840. The van der Waals surface area contributed by atoms with Gasteiger partial charge in [-0.2, -0.15) is 0 Å². The van der Waals surface area contributed by atoms with Crippen molar-refractivity contribution >= 4 is 15.7 Å². The molecule has 1 aromatic rings. The lowest BCUT2D eigenvalue weighted by Gasteiger charge is -2.23. The first-order valence-electron chi connectivity index (χ1n) is 6.95. The highest BCUT2D eigenvalue weighted by Gasteiger charge is 2.41. The average Bonchev–Trinajstić information content (AvgIpc) is 2.95. The minimum Gasteiger partial charge on any atom is -0.396 e. The number of rotatable bonds is 3. The van der Waals surface area contributed by atoms with Crippen molar-refractivity contribution in [3.8, 4) is 0 Å². The van der Waals surface area contributed by atoms with Crippen LogP contribution in [0.2, 0.25) is 0 Å². The molecule has 0 radical (unpaired) electrons. The van der Waals surface area contributed by atoms with Gasteiger partial charge in [0.2, 0.25) is 10.0 Å². The van der Waals surface area contributed by atoms with E-state index in [0.717, 1.165) is 19.3 Å². The molecule has 4 nitrogen and oxygen atoms in total. The van der Waals surface area contributed by atoms with Crippen molar-refractivity contribution in [3.63, 3.8) is 0 Å². The van der Waals surface area contributed by atoms with Gasteiger partial charge in [-0.3, -0.25) is 0 Å². The largest absolute Gasteiger partial charge is 0.396 e. The maximum Gasteiger partial charge on any atom is 0.241 e. The Morgan fingerprint density at radius 3 is 2.65 bits per heavy atom. The summed E-state index contributed by atoms with van der Waals surface area (Å²) < 4.78 is 41.0. The lowest BCUT2D eigenvalue weighted by Crippen LogP contribution is -2.38. The molecule has 6 heteroatoms. The van der Waals surface area contributed by atoms with E-state index in [4.69, 9.17) is 5.73 Å². The number of nitrogens with two attached hydrogens (primary N) is 1. The van der Waals surface area contributed by atoms with Gasteiger partial charge in [0.25, 0.3) is 0 Å². The normalized spacial score (nSPS) is 29.0. The van der Waals surface area contributed by atoms with Crippen LogP contribution in [-0.4, -0.2) is 14.5 Å². The van der Waals surface area contributed by atoms with Crippen molar-refractivity contribution in [1.82, 2.24) is 4.72 Å². The van der Waals surface area contributed by atoms with Crippen LogP contribution in [0.1, 0.15) is 31.2 Å². The van der Waals surface area contributed by atoms with Gasteiger partial charge < -0.3 is 5.73 Å². The maximum atomic E-state index is 13.3. The molecule has 2 saturated carbocycles. The van der Waals surface area contributed by atoms with Crippen molar-refractivity contribution < 1.29 is 12.8 Å². The molecule has 2 aliphatic rings. The Balaban J connectivity index is 1.87. The number of hydrogen-bond donors (Lipinski definition) is 2. The average molecular weight is 298 g/mol. The third-order valence-corrected chi connectivity index (χ3v) is 6.26. The third kappa shape index (κ3) is 2.31. The second-order valence-corrected chi connectivity index (χ2v) is 7.72. The highest BCUT2D eigenvalue weighted by molar-refractivity contribution is 7.89. The number of aryl methyl sites for hydroxylation is 1. The first-order chi connectivity index (χ1) is 9.37. The van der Waals surface area contributed by atoms with Crippen LogP contribution in [0.5, 0.6) is 0 Å². The van der Waals surface area contributed by atoms with E-state index in [1.165, 1.54) is 18.6 Å². The molecule has 3 rings (SSSR count). The first-order valence-corrected chi connectivity index (χ1v) is 8.43. The van der Waals surface area contributed by atoms with Crippen molar-refractivity contribution in [2.45, 2.75) is 43.5 Å². The molecule has 3 atom stereocenters. The van der Waals surface area contributed by atoms with Gasteiger partial charge in [0.15, 0.2) is 0 Å². The van der Waals surface area contributed by atoms with Gasteiger partial charge in [-0.25, -0.2) is 17.5 Å². The summed E-state index contributed by atoms with van der Waals surface area (Å²) in [7, 11) is -3.63. The molecule has 2 bridgehead atoms. The summed E-state index contributed by atoms with van der Waals surface area (Å²) in [6.45, 7) is 1.58. The molecule has 20 heavy (non-hydrogen) atoms. The second kappa shape index (κ2) is 4.70. The summed E-state index contributed by atoms with van der Waals surface area (Å²) in [6, 6.07) is 2.40. The summed E-state index contributed by atoms with van der Waals surface area (Å²) in [6.07, 6.45) is 4.35. The monoisotopic (exact) mass is 298 g/mol. The fraction of sp³-hybridized carbons (Fsp3) is 0.571. The molecule has 2 aliphatic carbocycles. The lowest BCUT2D eigenvalue weighted by atomic mass is 9.96. The molecule has 3 N–H and O–H groups in total. The van der Waals surface area contributed by atoms with Crippen molar-refractivity contribution in [2.75, 3.05) is 5.73 Å². The second-order valence-electron chi connectivity index (χ2n) is 6.04. The van der Waals surface area contributed by atoms with Crippen LogP contribution in [-0.2, 0) is 10.0 Å². The van der Waals surface area contributed by atoms with Gasteiger partial charge in [0.05, 0.1) is 10.6 Å². The van der Waals surface area contributed by atoms with Crippen molar-refractivity contribution in [3.05, 3.63) is 23.5 Å². The number of benzene rings is 1. The van der Waals surface area contributed by atoms with Crippen LogP contribution < -0.4 is 10.5 Å². The van der Waals surface area contributed by atoms with E-state index in [1.807, 2.05) is 0 Å². The smallest absolute Gasteiger partial charge is 0.241 e. The van der Waals surface area contributed by atoms with E-state index < -0.39 is 15.8 Å². The predicted octanol–water partition coefficient (Wildman–Crippen LogP) is 2.18. The Hall–Kier alpha value is -1.14. The number of nitrogens with one attached hydrogen (secondary N) is 1. The molecule has 0 saturated heterocycles. The molecule has 2 fully saturated rings. The zero-order chi connectivity index (χ0) is 14.5. The highest BCUT2D eigenvalue weighted by Crippen LogP contribution is 2.44. The van der Waals surface area contributed by atoms with Crippen LogP contribution in [0.15, 0.2) is 17.0 Å². The van der Waals surface area contributed by atoms with Crippen LogP contribution in [0.4, 0.5) is 10.1 Å². The minimum absolute atomic E-state index is 0.0180. The molecule has 0 aliphatic heterocycles. The van der Waals surface area contributed by atoms with Crippen molar-refractivity contribution in [1.29, 1.82) is 0 Å². The van der Waals surface area contributed by atoms with E-state index in [2.05, 4.69) is 4.72 Å². The Morgan fingerprint density at radius 2 is 2.05 bits per heavy atom. The van der Waals surface area contributed by atoms with Gasteiger partial charge in [0, 0.05) is 6.04 Å². The van der Waals surface area contributed by atoms with E-state index in [-0.39, 0.29) is 16.6 Å². The number of nitrogen functional groups attached to an aromatic ring is 1. The Labute approximate surface area is 118 Å². The lowest BCUT2D eigenvalue weighted by molar-refractivity contribution is 0.390. The van der Waals surface area contributed by atoms with E-state index in [1.54, 1.807) is 6.92 Å². The minimum atomic E-state index is -3.63. The molecule has 0 aromatic heterocycles. The van der Waals surface area contributed by atoms with Crippen LogP contribution in [0, 0.1) is 24.6 Å². The zero-order valence-corrected chi connectivity index (χ0v) is 12.2. The molecule has 3 unspecified atom stereocenters. The van der Waals surface area contributed by atoms with Gasteiger partial charge in [-0.1, -0.05) is 6.42 Å². The highest BCUT2D eigenvalue weighted by atomic mass is 32.2. The molecule has 1 aromatic carbocycles. The van der Waals surface area contributed by atoms with Gasteiger partial charge in [0.1, 0.15) is 5.82 Å². The molecule has 0 heterocycles. The SMILES string of the molecule is Cc1cc(F)c(N)cc1S(=O)(=O)NC1CC2CCC1C2. The number of anilines is 1. The summed E-state index contributed by atoms with van der Waals surface area (Å²) in [4.78, 5) is 0.0826. The molecule has 110 valence electrons. The first kappa shape index (κ1) is 13.8. The Bertz CT molecular complexity index is 645. The molecule has 0 spiro atoms. The van der Waals surface area contributed by atoms with E-state index in [9.17, 15) is 12.8 Å². The Morgan fingerprint density at radius 1 is 1.30 bits per heavy atom. The number of sulfonamides is 1. The number of hydrogen-bond acceptors (Lipinski definition) is 3. The molecular formula is C14H19FN2O2S. The maximum absolute atomic E-state index is 13.3.